The number of carbonyl (C=O) groups is 1. The molecule has 142 valence electrons. The first kappa shape index (κ1) is 18.3. The number of hydrogen-bond acceptors (Lipinski definition) is 3. The van der Waals surface area contributed by atoms with Gasteiger partial charge in [-0.2, -0.15) is 5.10 Å². The molecule has 5 nitrogen and oxygen atoms in total. The van der Waals surface area contributed by atoms with Gasteiger partial charge < -0.3 is 9.32 Å². The number of piperidine rings is 1. The van der Waals surface area contributed by atoms with Crippen LogP contribution >= 0.6 is 11.6 Å². The Bertz CT molecular complexity index is 810. The molecule has 1 amide bonds. The first-order valence-electron chi connectivity index (χ1n) is 9.68. The second-order valence-electron chi connectivity index (χ2n) is 7.41. The van der Waals surface area contributed by atoms with E-state index in [1.807, 2.05) is 43.3 Å². The third-order valence-electron chi connectivity index (χ3n) is 5.66. The summed E-state index contributed by atoms with van der Waals surface area (Å²) in [5.74, 6) is 0.842. The lowest BCUT2D eigenvalue weighted by molar-refractivity contribution is -0.919. The highest BCUT2D eigenvalue weighted by Crippen LogP contribution is 2.33. The molecule has 0 aliphatic carbocycles. The van der Waals surface area contributed by atoms with E-state index >= 15 is 0 Å². The Hall–Kier alpha value is -2.11. The minimum atomic E-state index is -0.190. The topological polar surface area (TPSA) is 50.2 Å². The lowest BCUT2D eigenvalue weighted by atomic mass is 10.0. The van der Waals surface area contributed by atoms with E-state index in [1.54, 1.807) is 11.3 Å². The summed E-state index contributed by atoms with van der Waals surface area (Å²) in [5, 5.41) is 7.06. The van der Waals surface area contributed by atoms with Crippen molar-refractivity contribution >= 4 is 23.2 Å². The van der Waals surface area contributed by atoms with E-state index in [2.05, 4.69) is 0 Å². The maximum absolute atomic E-state index is 13.3. The smallest absolute Gasteiger partial charge is 0.301 e. The Labute approximate surface area is 164 Å². The Morgan fingerprint density at radius 2 is 1.96 bits per heavy atom. The summed E-state index contributed by atoms with van der Waals surface area (Å²) in [4.78, 5) is 14.7. The third kappa shape index (κ3) is 3.80. The number of benzene rings is 1. The van der Waals surface area contributed by atoms with Crippen LogP contribution in [0.4, 0.5) is 0 Å². The number of furan rings is 1. The van der Waals surface area contributed by atoms with Crippen LogP contribution in [0.2, 0.25) is 5.02 Å². The molecule has 0 unspecified atom stereocenters. The fourth-order valence-corrected chi connectivity index (χ4v) is 4.17. The van der Waals surface area contributed by atoms with Crippen LogP contribution in [0.3, 0.4) is 0 Å². The number of carbonyl (C=O) groups excluding carboxylic acids is 1. The predicted octanol–water partition coefficient (Wildman–Crippen LogP) is 3.07. The standard InChI is InChI=1S/C21H24ClN3O2/c1-15(24-11-3-2-4-12-24)21(26)25-19(20-6-5-13-27-20)14-18(23-25)16-7-9-17(22)10-8-16/h5-10,13,15,19H,2-4,11-12,14H2,1H3/p+1/t15-,19+/m0/s1. The van der Waals surface area contributed by atoms with E-state index in [-0.39, 0.29) is 18.0 Å². The molecule has 6 heteroatoms. The van der Waals surface area contributed by atoms with Crippen molar-refractivity contribution in [1.82, 2.24) is 5.01 Å². The number of hydrazone groups is 1. The van der Waals surface area contributed by atoms with Gasteiger partial charge in [0.1, 0.15) is 11.8 Å². The Morgan fingerprint density at radius 1 is 1.22 bits per heavy atom. The molecule has 1 fully saturated rings. The molecule has 3 heterocycles. The zero-order valence-corrected chi connectivity index (χ0v) is 16.3. The molecular weight excluding hydrogens is 362 g/mol. The summed E-state index contributed by atoms with van der Waals surface area (Å²) < 4.78 is 5.63. The van der Waals surface area contributed by atoms with E-state index in [9.17, 15) is 4.79 Å². The van der Waals surface area contributed by atoms with Crippen molar-refractivity contribution in [3.63, 3.8) is 0 Å². The van der Waals surface area contributed by atoms with Crippen LogP contribution in [0, 0.1) is 0 Å². The van der Waals surface area contributed by atoms with Gasteiger partial charge in [-0.1, -0.05) is 23.7 Å². The van der Waals surface area contributed by atoms with Crippen molar-refractivity contribution in [2.24, 2.45) is 5.10 Å². The maximum atomic E-state index is 13.3. The molecule has 2 atom stereocenters. The second-order valence-corrected chi connectivity index (χ2v) is 7.85. The molecule has 0 bridgehead atoms. The molecule has 0 radical (unpaired) electrons. The van der Waals surface area contributed by atoms with Gasteiger partial charge in [0.15, 0.2) is 6.04 Å². The highest BCUT2D eigenvalue weighted by atomic mass is 35.5. The summed E-state index contributed by atoms with van der Waals surface area (Å²) in [6.45, 7) is 4.14. The number of likely N-dealkylation sites (tertiary alicyclic amines) is 1. The molecule has 0 saturated carbocycles. The Morgan fingerprint density at radius 3 is 2.63 bits per heavy atom. The van der Waals surface area contributed by atoms with Gasteiger partial charge in [0.05, 0.1) is 25.1 Å². The van der Waals surface area contributed by atoms with Crippen LogP contribution in [-0.2, 0) is 4.79 Å². The maximum Gasteiger partial charge on any atom is 0.301 e. The van der Waals surface area contributed by atoms with Gasteiger partial charge in [-0.3, -0.25) is 4.79 Å². The van der Waals surface area contributed by atoms with Crippen LogP contribution in [0.1, 0.15) is 50.0 Å². The molecule has 4 rings (SSSR count). The zero-order chi connectivity index (χ0) is 18.8. The van der Waals surface area contributed by atoms with E-state index in [1.165, 1.54) is 24.2 Å². The molecule has 1 saturated heterocycles. The van der Waals surface area contributed by atoms with Crippen molar-refractivity contribution in [3.05, 3.63) is 59.0 Å². The van der Waals surface area contributed by atoms with E-state index in [0.29, 0.717) is 11.4 Å². The fraction of sp³-hybridized carbons (Fsp3) is 0.429. The number of nitrogens with one attached hydrogen (secondary N) is 1. The number of hydrogen-bond donors (Lipinski definition) is 1. The van der Waals surface area contributed by atoms with Gasteiger partial charge in [0.25, 0.3) is 0 Å². The largest absolute Gasteiger partial charge is 0.467 e. The minimum absolute atomic E-state index is 0.0669. The van der Waals surface area contributed by atoms with Crippen molar-refractivity contribution in [1.29, 1.82) is 0 Å². The van der Waals surface area contributed by atoms with Crippen LogP contribution in [0.5, 0.6) is 0 Å². The zero-order valence-electron chi connectivity index (χ0n) is 15.5. The summed E-state index contributed by atoms with van der Waals surface area (Å²) in [7, 11) is 0. The number of halogens is 1. The molecule has 1 N–H and O–H groups in total. The van der Waals surface area contributed by atoms with E-state index in [0.717, 1.165) is 30.1 Å². The number of rotatable bonds is 4. The minimum Gasteiger partial charge on any atom is -0.467 e. The van der Waals surface area contributed by atoms with E-state index in [4.69, 9.17) is 21.1 Å². The molecule has 2 aliphatic rings. The molecule has 1 aromatic heterocycles. The van der Waals surface area contributed by atoms with Crippen molar-refractivity contribution in [2.75, 3.05) is 13.1 Å². The monoisotopic (exact) mass is 386 g/mol. The Balaban J connectivity index is 1.61. The van der Waals surface area contributed by atoms with Gasteiger partial charge >= 0.3 is 5.91 Å². The average Bonchev–Trinajstić information content (AvgIpc) is 3.38. The molecule has 1 aromatic carbocycles. The van der Waals surface area contributed by atoms with Crippen LogP contribution < -0.4 is 4.90 Å². The number of amides is 1. The van der Waals surface area contributed by atoms with Crippen molar-refractivity contribution in [3.8, 4) is 0 Å². The molecule has 27 heavy (non-hydrogen) atoms. The number of quaternary nitrogens is 1. The van der Waals surface area contributed by atoms with Crippen LogP contribution in [0.25, 0.3) is 0 Å². The second kappa shape index (κ2) is 7.87. The van der Waals surface area contributed by atoms with Gasteiger partial charge in [0.2, 0.25) is 0 Å². The molecule has 2 aliphatic heterocycles. The van der Waals surface area contributed by atoms with Gasteiger partial charge in [-0.25, -0.2) is 5.01 Å². The van der Waals surface area contributed by atoms with Gasteiger partial charge in [-0.05, 0) is 56.0 Å². The summed E-state index contributed by atoms with van der Waals surface area (Å²) >= 11 is 6.01. The lowest BCUT2D eigenvalue weighted by Gasteiger charge is -2.31. The highest BCUT2D eigenvalue weighted by molar-refractivity contribution is 6.30. The summed E-state index contributed by atoms with van der Waals surface area (Å²) in [5.41, 5.74) is 1.88. The Kier molecular flexibility index (Phi) is 5.32. The summed E-state index contributed by atoms with van der Waals surface area (Å²) in [6.07, 6.45) is 5.93. The van der Waals surface area contributed by atoms with Crippen molar-refractivity contribution in [2.45, 2.75) is 44.7 Å². The van der Waals surface area contributed by atoms with Gasteiger partial charge in [0, 0.05) is 11.4 Å². The SMILES string of the molecule is C[C@@H](C(=O)N1N=C(c2ccc(Cl)cc2)C[C@@H]1c1ccco1)[NH+]1CCCCC1. The first-order chi connectivity index (χ1) is 13.1. The number of nitrogens with zero attached hydrogens (tertiary/aromatic N) is 2. The average molecular weight is 387 g/mol. The molecule has 2 aromatic rings. The predicted molar refractivity (Wildman–Crippen MR) is 105 cm³/mol. The van der Waals surface area contributed by atoms with Gasteiger partial charge in [-0.15, -0.1) is 0 Å². The van der Waals surface area contributed by atoms with Crippen molar-refractivity contribution < 1.29 is 14.1 Å². The normalized spacial score (nSPS) is 21.9. The van der Waals surface area contributed by atoms with E-state index < -0.39 is 0 Å². The first-order valence-corrected chi connectivity index (χ1v) is 10.1. The fourth-order valence-electron chi connectivity index (χ4n) is 4.04. The summed E-state index contributed by atoms with van der Waals surface area (Å²) in [6, 6.07) is 11.1. The van der Waals surface area contributed by atoms with Crippen LogP contribution in [0.15, 0.2) is 52.2 Å². The quantitative estimate of drug-likeness (QED) is 0.877. The lowest BCUT2D eigenvalue weighted by Crippen LogP contribution is -3.17. The molecular formula is C21H25ClN3O2+. The third-order valence-corrected chi connectivity index (χ3v) is 5.92. The molecule has 0 spiro atoms. The van der Waals surface area contributed by atoms with Crippen LogP contribution in [-0.4, -0.2) is 35.8 Å². The highest BCUT2D eigenvalue weighted by Gasteiger charge is 2.39.